The highest BCUT2D eigenvalue weighted by Crippen LogP contribution is 2.36. The number of nitrogens with one attached hydrogen (secondary N) is 2. The van der Waals surface area contributed by atoms with Crippen LogP contribution in [0.2, 0.25) is 0 Å². The van der Waals surface area contributed by atoms with Crippen molar-refractivity contribution in [1.82, 2.24) is 40.4 Å². The molecule has 0 radical (unpaired) electrons. The van der Waals surface area contributed by atoms with Gasteiger partial charge in [-0.15, -0.1) is 21.5 Å². The maximum atomic E-state index is 14.2. The molecule has 14 nitrogen and oxygen atoms in total. The van der Waals surface area contributed by atoms with Gasteiger partial charge in [-0.25, -0.2) is 4.98 Å². The molecule has 302 valence electrons. The number of phenolic OH excluding ortho intramolecular Hbond substituents is 1. The van der Waals surface area contributed by atoms with Gasteiger partial charge in [-0.2, -0.15) is 0 Å². The summed E-state index contributed by atoms with van der Waals surface area (Å²) < 4.78 is 11.7. The van der Waals surface area contributed by atoms with Crippen molar-refractivity contribution in [3.05, 3.63) is 95.0 Å². The Bertz CT molecular complexity index is 2390. The van der Waals surface area contributed by atoms with Gasteiger partial charge in [-0.05, 0) is 78.7 Å². The summed E-state index contributed by atoms with van der Waals surface area (Å²) >= 11 is 1.59. The fraction of sp³-hybridized carbons (Fsp3) is 0.395. The van der Waals surface area contributed by atoms with Gasteiger partial charge >= 0.3 is 0 Å². The zero-order valence-electron chi connectivity index (χ0n) is 33.0. The van der Waals surface area contributed by atoms with Crippen molar-refractivity contribution >= 4 is 34.2 Å². The molecule has 0 saturated carbocycles. The molecule has 0 unspecified atom stereocenters. The van der Waals surface area contributed by atoms with Crippen LogP contribution in [0.25, 0.3) is 32.7 Å². The largest absolute Gasteiger partial charge is 0.507 e. The summed E-state index contributed by atoms with van der Waals surface area (Å²) in [4.78, 5) is 40.4. The summed E-state index contributed by atoms with van der Waals surface area (Å²) in [5, 5.41) is 37.9. The molecule has 2 aliphatic heterocycles. The van der Waals surface area contributed by atoms with E-state index in [1.807, 2.05) is 81.9 Å². The lowest BCUT2D eigenvalue weighted by molar-refractivity contribution is -0.141. The summed E-state index contributed by atoms with van der Waals surface area (Å²) in [7, 11) is 0. The number of aryl methyl sites for hydroxylation is 1. The van der Waals surface area contributed by atoms with E-state index in [2.05, 4.69) is 35.5 Å². The number of carbonyl (C=O) groups excluding carboxylic acids is 2. The Morgan fingerprint density at radius 2 is 1.90 bits per heavy atom. The minimum absolute atomic E-state index is 0.0511. The number of carbonyl (C=O) groups is 2. The van der Waals surface area contributed by atoms with Crippen molar-refractivity contribution in [2.24, 2.45) is 5.92 Å². The Kier molecular flexibility index (Phi) is 11.3. The molecule has 4 N–H and O–H groups in total. The Morgan fingerprint density at radius 1 is 1.09 bits per heavy atom. The van der Waals surface area contributed by atoms with Gasteiger partial charge in [0.1, 0.15) is 24.3 Å². The molecule has 6 heterocycles. The number of para-hydroxylation sites is 1. The third-order valence-electron chi connectivity index (χ3n) is 11.4. The van der Waals surface area contributed by atoms with E-state index in [0.29, 0.717) is 35.8 Å². The predicted octanol–water partition coefficient (Wildman–Crippen LogP) is 6.20. The number of aromatic nitrogens is 5. The van der Waals surface area contributed by atoms with Crippen molar-refractivity contribution in [3.63, 3.8) is 0 Å². The quantitative estimate of drug-likeness (QED) is 0.104. The van der Waals surface area contributed by atoms with Gasteiger partial charge in [0.05, 0.1) is 33.9 Å². The van der Waals surface area contributed by atoms with Gasteiger partial charge in [-0.3, -0.25) is 14.5 Å². The second kappa shape index (κ2) is 16.7. The van der Waals surface area contributed by atoms with Crippen LogP contribution >= 0.6 is 11.3 Å². The number of fused-ring (bicyclic) bond motifs is 1. The number of amides is 2. The topological polar surface area (TPSA) is 183 Å². The van der Waals surface area contributed by atoms with E-state index in [4.69, 9.17) is 9.26 Å². The molecule has 2 amide bonds. The van der Waals surface area contributed by atoms with Crippen LogP contribution in [0.1, 0.15) is 74.1 Å². The van der Waals surface area contributed by atoms with Crippen LogP contribution in [0.4, 0.5) is 0 Å². The molecule has 2 fully saturated rings. The molecule has 8 rings (SSSR count). The Balaban J connectivity index is 0.862. The smallest absolute Gasteiger partial charge is 0.254 e. The van der Waals surface area contributed by atoms with Crippen molar-refractivity contribution in [3.8, 4) is 33.3 Å². The zero-order chi connectivity index (χ0) is 40.5. The molecule has 0 bridgehead atoms. The summed E-state index contributed by atoms with van der Waals surface area (Å²) in [6.45, 7) is 10.6. The zero-order valence-corrected chi connectivity index (χ0v) is 33.8. The number of ether oxygens (including phenoxy) is 1. The lowest BCUT2D eigenvalue weighted by Gasteiger charge is -2.29. The first-order valence-corrected chi connectivity index (χ1v) is 20.7. The van der Waals surface area contributed by atoms with Gasteiger partial charge in [0.25, 0.3) is 5.88 Å². The number of β-amino-alcohol motifs (C(OH)–C–C–N with tert-alkyl or cyclic N) is 1. The molecule has 2 aliphatic rings. The number of rotatable bonds is 13. The molecule has 4 aromatic heterocycles. The maximum Gasteiger partial charge on any atom is 0.254 e. The third-order valence-corrected chi connectivity index (χ3v) is 12.4. The second-order valence-electron chi connectivity index (χ2n) is 15.7. The van der Waals surface area contributed by atoms with Crippen molar-refractivity contribution in [2.45, 2.75) is 70.6 Å². The minimum Gasteiger partial charge on any atom is -0.507 e. The van der Waals surface area contributed by atoms with Crippen LogP contribution in [-0.4, -0.2) is 102 Å². The van der Waals surface area contributed by atoms with Crippen molar-refractivity contribution in [2.75, 3.05) is 32.8 Å². The Morgan fingerprint density at radius 3 is 2.66 bits per heavy atom. The molecule has 0 aliphatic carbocycles. The van der Waals surface area contributed by atoms with Crippen LogP contribution in [0.5, 0.6) is 11.6 Å². The van der Waals surface area contributed by atoms with Crippen LogP contribution < -0.4 is 10.1 Å². The van der Waals surface area contributed by atoms with Gasteiger partial charge in [0.15, 0.2) is 11.4 Å². The van der Waals surface area contributed by atoms with Crippen LogP contribution in [0.15, 0.2) is 76.9 Å². The highest BCUT2D eigenvalue weighted by atomic mass is 32.1. The lowest BCUT2D eigenvalue weighted by atomic mass is 9.91. The molecule has 6 aromatic rings. The highest BCUT2D eigenvalue weighted by molar-refractivity contribution is 7.13. The number of H-pyrrole nitrogens is 1. The van der Waals surface area contributed by atoms with E-state index in [0.717, 1.165) is 46.6 Å². The minimum atomic E-state index is -0.829. The molecule has 2 aromatic carbocycles. The maximum absolute atomic E-state index is 14.2. The number of likely N-dealkylation sites (tertiary alicyclic amines) is 2. The standard InChI is InChI=1S/C43H48N8O6S/c1-24(2)39(43(55)51-22-30(52)17-35(51)42(54)46-25(3)27-9-11-28(12-10-27)40-26(4)45-23-58-40)37-19-38(49-57-37)56-16-15-50-14-13-29(21-50)33-20-44-41-32(33)18-34(47-48-41)31-7-5-6-8-36(31)53/h5-12,18-20,23-25,29-30,35,39,52-53H,13-17,21-22H2,1-4H3,(H,44,48)(H,46,54)/t25-,29+,30+,35-,39+/m0/s1. The monoisotopic (exact) mass is 804 g/mol. The molecule has 15 heteroatoms. The van der Waals surface area contributed by atoms with E-state index in [1.165, 1.54) is 10.5 Å². The molecule has 5 atom stereocenters. The van der Waals surface area contributed by atoms with Gasteiger partial charge in [-0.1, -0.05) is 50.2 Å². The number of aromatic hydroxyl groups is 1. The first kappa shape index (κ1) is 39.2. The predicted molar refractivity (Wildman–Crippen MR) is 219 cm³/mol. The number of benzene rings is 2. The number of aliphatic hydroxyl groups excluding tert-OH is 1. The number of aromatic amines is 1. The Hall–Kier alpha value is -5.64. The number of hydrogen-bond donors (Lipinski definition) is 4. The summed E-state index contributed by atoms with van der Waals surface area (Å²) in [6.07, 6.45) is 2.30. The number of thiazole rings is 1. The molecule has 58 heavy (non-hydrogen) atoms. The first-order chi connectivity index (χ1) is 28.0. The van der Waals surface area contributed by atoms with Crippen molar-refractivity contribution in [1.29, 1.82) is 0 Å². The fourth-order valence-corrected chi connectivity index (χ4v) is 9.08. The summed E-state index contributed by atoms with van der Waals surface area (Å²) in [5.41, 5.74) is 7.95. The number of aliphatic hydroxyl groups is 1. The normalized spacial score (nSPS) is 19.6. The molecular weight excluding hydrogens is 757 g/mol. The SMILES string of the molecule is Cc1ncsc1-c1ccc([C@H](C)NC(=O)[C@@H]2C[C@@H](O)CN2C(=O)[C@@H](c2cc(OCCN3CC[C@@H](c4c[nH]c5nnc(-c6ccccc6O)cc45)C3)no2)C(C)C)cc1. The second-order valence-corrected chi connectivity index (χ2v) is 16.5. The van der Waals surface area contributed by atoms with E-state index >= 15 is 0 Å². The lowest BCUT2D eigenvalue weighted by Crippen LogP contribution is -2.48. The fourth-order valence-electron chi connectivity index (χ4n) is 8.27. The van der Waals surface area contributed by atoms with E-state index in [-0.39, 0.29) is 54.3 Å². The first-order valence-electron chi connectivity index (χ1n) is 19.8. The van der Waals surface area contributed by atoms with Gasteiger partial charge in [0.2, 0.25) is 11.8 Å². The number of phenols is 1. The van der Waals surface area contributed by atoms with Gasteiger partial charge < -0.3 is 34.7 Å². The Labute approximate surface area is 340 Å². The van der Waals surface area contributed by atoms with E-state index in [9.17, 15) is 19.8 Å². The van der Waals surface area contributed by atoms with Crippen LogP contribution in [-0.2, 0) is 9.59 Å². The average molecular weight is 805 g/mol. The number of hydrogen-bond acceptors (Lipinski definition) is 12. The van der Waals surface area contributed by atoms with E-state index < -0.39 is 18.1 Å². The average Bonchev–Trinajstić information content (AvgIpc) is 4.07. The third kappa shape index (κ3) is 8.06. The summed E-state index contributed by atoms with van der Waals surface area (Å²) in [5.74, 6) is -0.427. The molecular formula is C43H48N8O6S. The summed E-state index contributed by atoms with van der Waals surface area (Å²) in [6, 6.07) is 17.7. The van der Waals surface area contributed by atoms with Crippen LogP contribution in [0, 0.1) is 12.8 Å². The molecule has 0 spiro atoms. The highest BCUT2D eigenvalue weighted by Gasteiger charge is 2.43. The van der Waals surface area contributed by atoms with E-state index in [1.54, 1.807) is 29.5 Å². The molecule has 2 saturated heterocycles. The van der Waals surface area contributed by atoms with Gasteiger partial charge in [0, 0.05) is 49.3 Å². The number of nitrogens with zero attached hydrogens (tertiary/aromatic N) is 6. The van der Waals surface area contributed by atoms with Crippen LogP contribution in [0.3, 0.4) is 0 Å². The van der Waals surface area contributed by atoms with Crippen molar-refractivity contribution < 1.29 is 29.1 Å².